The summed E-state index contributed by atoms with van der Waals surface area (Å²) in [5.41, 5.74) is 5.14. The molecule has 0 unspecified atom stereocenters. The fraction of sp³-hybridized carbons (Fsp3) is 0.125. The molecule has 3 amide bonds. The van der Waals surface area contributed by atoms with Gasteiger partial charge in [0.25, 0.3) is 17.7 Å². The summed E-state index contributed by atoms with van der Waals surface area (Å²) < 4.78 is 0. The van der Waals surface area contributed by atoms with Gasteiger partial charge in [0.1, 0.15) is 0 Å². The number of carbonyl (C=O) groups is 3. The molecule has 5 heteroatoms. The normalized spacial score (nSPS) is 14.7. The van der Waals surface area contributed by atoms with Gasteiger partial charge in [-0.1, -0.05) is 18.2 Å². The summed E-state index contributed by atoms with van der Waals surface area (Å²) in [6.45, 7) is 0. The largest absolute Gasteiger partial charge is 0.322 e. The molecule has 5 rings (SSSR count). The monoisotopic (exact) mass is 382 g/mol. The zero-order chi connectivity index (χ0) is 20.0. The maximum absolute atomic E-state index is 12.6. The zero-order valence-corrected chi connectivity index (χ0v) is 15.6. The van der Waals surface area contributed by atoms with E-state index in [1.54, 1.807) is 48.5 Å². The van der Waals surface area contributed by atoms with E-state index in [1.165, 1.54) is 11.1 Å². The molecule has 29 heavy (non-hydrogen) atoms. The summed E-state index contributed by atoms with van der Waals surface area (Å²) >= 11 is 0. The summed E-state index contributed by atoms with van der Waals surface area (Å²) in [4.78, 5) is 38.9. The van der Waals surface area contributed by atoms with Crippen molar-refractivity contribution < 1.29 is 14.4 Å². The molecule has 0 fully saturated rings. The standard InChI is InChI=1S/C24H18N2O3/c27-22(25-18-11-8-15-4-3-5-17(15)14-18)16-9-12-19(13-10-16)26-23(28)20-6-1-2-7-21(20)24(26)29/h1-2,6-14H,3-5H2,(H,25,27). The fourth-order valence-electron chi connectivity index (χ4n) is 4.04. The summed E-state index contributed by atoms with van der Waals surface area (Å²) in [6, 6.07) is 19.3. The minimum atomic E-state index is -0.346. The van der Waals surface area contributed by atoms with Crippen LogP contribution in [0.3, 0.4) is 0 Å². The summed E-state index contributed by atoms with van der Waals surface area (Å²) in [5.74, 6) is -0.918. The lowest BCUT2D eigenvalue weighted by Crippen LogP contribution is -2.29. The van der Waals surface area contributed by atoms with Crippen LogP contribution in [-0.4, -0.2) is 17.7 Å². The number of nitrogens with one attached hydrogen (secondary N) is 1. The van der Waals surface area contributed by atoms with Crippen LogP contribution < -0.4 is 10.2 Å². The molecule has 3 aromatic rings. The van der Waals surface area contributed by atoms with E-state index in [4.69, 9.17) is 0 Å². The Morgan fingerprint density at radius 1 is 0.793 bits per heavy atom. The van der Waals surface area contributed by atoms with Crippen LogP contribution in [0.25, 0.3) is 0 Å². The van der Waals surface area contributed by atoms with Crippen molar-refractivity contribution in [2.24, 2.45) is 0 Å². The highest BCUT2D eigenvalue weighted by molar-refractivity contribution is 6.34. The van der Waals surface area contributed by atoms with Crippen molar-refractivity contribution in [3.63, 3.8) is 0 Å². The molecular weight excluding hydrogens is 364 g/mol. The van der Waals surface area contributed by atoms with Crippen molar-refractivity contribution in [2.75, 3.05) is 10.2 Å². The predicted octanol–water partition coefficient (Wildman–Crippen LogP) is 4.23. The van der Waals surface area contributed by atoms with E-state index in [9.17, 15) is 14.4 Å². The van der Waals surface area contributed by atoms with Crippen LogP contribution in [0.4, 0.5) is 11.4 Å². The number of imide groups is 1. The zero-order valence-electron chi connectivity index (χ0n) is 15.6. The molecule has 2 aliphatic rings. The van der Waals surface area contributed by atoms with E-state index in [2.05, 4.69) is 11.4 Å². The Hall–Kier alpha value is -3.73. The van der Waals surface area contributed by atoms with Gasteiger partial charge in [-0.05, 0) is 78.9 Å². The van der Waals surface area contributed by atoms with Crippen LogP contribution in [0.2, 0.25) is 0 Å². The van der Waals surface area contributed by atoms with Gasteiger partial charge < -0.3 is 5.32 Å². The summed E-state index contributed by atoms with van der Waals surface area (Å²) in [6.07, 6.45) is 3.31. The quantitative estimate of drug-likeness (QED) is 0.690. The van der Waals surface area contributed by atoms with Crippen LogP contribution in [0.15, 0.2) is 66.7 Å². The van der Waals surface area contributed by atoms with Crippen LogP contribution in [0.1, 0.15) is 48.6 Å². The number of carbonyl (C=O) groups excluding carboxylic acids is 3. The first-order valence-electron chi connectivity index (χ1n) is 9.63. The second kappa shape index (κ2) is 6.71. The molecule has 5 nitrogen and oxygen atoms in total. The number of aryl methyl sites for hydroxylation is 2. The Labute approximate surface area is 168 Å². The molecule has 1 aliphatic heterocycles. The molecule has 1 aliphatic carbocycles. The number of anilines is 2. The van der Waals surface area contributed by atoms with Gasteiger partial charge >= 0.3 is 0 Å². The number of rotatable bonds is 3. The van der Waals surface area contributed by atoms with E-state index < -0.39 is 0 Å². The Bertz CT molecular complexity index is 1130. The number of amides is 3. The Kier molecular flexibility index (Phi) is 4.02. The lowest BCUT2D eigenvalue weighted by Gasteiger charge is -2.14. The van der Waals surface area contributed by atoms with Crippen LogP contribution >= 0.6 is 0 Å². The maximum atomic E-state index is 12.6. The average Bonchev–Trinajstić information content (AvgIpc) is 3.31. The van der Waals surface area contributed by atoms with E-state index in [0.717, 1.165) is 29.8 Å². The van der Waals surface area contributed by atoms with Crippen molar-refractivity contribution >= 4 is 29.1 Å². The third kappa shape index (κ3) is 2.91. The highest BCUT2D eigenvalue weighted by atomic mass is 16.2. The van der Waals surface area contributed by atoms with Gasteiger partial charge in [0, 0.05) is 11.3 Å². The number of hydrogen-bond acceptors (Lipinski definition) is 3. The molecule has 0 saturated heterocycles. The van der Waals surface area contributed by atoms with Crippen LogP contribution in [0.5, 0.6) is 0 Å². The minimum Gasteiger partial charge on any atom is -0.322 e. The second-order valence-electron chi connectivity index (χ2n) is 7.33. The number of fused-ring (bicyclic) bond motifs is 2. The summed E-state index contributed by atoms with van der Waals surface area (Å²) in [5, 5.41) is 2.92. The second-order valence-corrected chi connectivity index (χ2v) is 7.33. The summed E-state index contributed by atoms with van der Waals surface area (Å²) in [7, 11) is 0. The molecule has 0 bridgehead atoms. The lowest BCUT2D eigenvalue weighted by molar-refractivity contribution is 0.0925. The van der Waals surface area contributed by atoms with E-state index in [-0.39, 0.29) is 17.7 Å². The van der Waals surface area contributed by atoms with Crippen molar-refractivity contribution in [3.05, 3.63) is 94.5 Å². The lowest BCUT2D eigenvalue weighted by atomic mass is 10.1. The van der Waals surface area contributed by atoms with Crippen molar-refractivity contribution in [2.45, 2.75) is 19.3 Å². The fourth-order valence-corrected chi connectivity index (χ4v) is 4.04. The minimum absolute atomic E-state index is 0.225. The van der Waals surface area contributed by atoms with Crippen molar-refractivity contribution in [1.82, 2.24) is 0 Å². The Morgan fingerprint density at radius 3 is 2.14 bits per heavy atom. The van der Waals surface area contributed by atoms with Crippen LogP contribution in [-0.2, 0) is 12.8 Å². The number of benzene rings is 3. The van der Waals surface area contributed by atoms with Gasteiger partial charge in [-0.3, -0.25) is 14.4 Å². The molecule has 0 radical (unpaired) electrons. The van der Waals surface area contributed by atoms with Gasteiger partial charge in [0.15, 0.2) is 0 Å². The highest BCUT2D eigenvalue weighted by Crippen LogP contribution is 2.29. The molecule has 0 aromatic heterocycles. The third-order valence-corrected chi connectivity index (χ3v) is 5.54. The van der Waals surface area contributed by atoms with Gasteiger partial charge in [0.2, 0.25) is 0 Å². The predicted molar refractivity (Wildman–Crippen MR) is 110 cm³/mol. The molecule has 1 N–H and O–H groups in total. The molecule has 0 spiro atoms. The molecule has 0 saturated carbocycles. The van der Waals surface area contributed by atoms with Gasteiger partial charge in [0.05, 0.1) is 16.8 Å². The van der Waals surface area contributed by atoms with Gasteiger partial charge in [-0.25, -0.2) is 4.90 Å². The Morgan fingerprint density at radius 2 is 1.45 bits per heavy atom. The van der Waals surface area contributed by atoms with E-state index in [1.807, 2.05) is 12.1 Å². The maximum Gasteiger partial charge on any atom is 0.266 e. The molecule has 142 valence electrons. The average molecular weight is 382 g/mol. The van der Waals surface area contributed by atoms with Crippen molar-refractivity contribution in [1.29, 1.82) is 0 Å². The van der Waals surface area contributed by atoms with Crippen molar-refractivity contribution in [3.8, 4) is 0 Å². The molecular formula is C24H18N2O3. The van der Waals surface area contributed by atoms with Gasteiger partial charge in [-0.2, -0.15) is 0 Å². The first-order valence-corrected chi connectivity index (χ1v) is 9.63. The highest BCUT2D eigenvalue weighted by Gasteiger charge is 2.36. The smallest absolute Gasteiger partial charge is 0.266 e. The third-order valence-electron chi connectivity index (χ3n) is 5.54. The number of nitrogens with zero attached hydrogens (tertiary/aromatic N) is 1. The molecule has 0 atom stereocenters. The van der Waals surface area contributed by atoms with E-state index in [0.29, 0.717) is 22.4 Å². The van der Waals surface area contributed by atoms with E-state index >= 15 is 0 Å². The topological polar surface area (TPSA) is 66.5 Å². The number of hydrogen-bond donors (Lipinski definition) is 1. The van der Waals surface area contributed by atoms with Gasteiger partial charge in [-0.15, -0.1) is 0 Å². The molecule has 3 aromatic carbocycles. The van der Waals surface area contributed by atoms with Crippen LogP contribution in [0, 0.1) is 0 Å². The SMILES string of the molecule is O=C(Nc1ccc2c(c1)CCC2)c1ccc(N2C(=O)c3ccccc3C2=O)cc1. The Balaban J connectivity index is 1.35. The molecule has 1 heterocycles. The first-order chi connectivity index (χ1) is 14.1. The first kappa shape index (κ1) is 17.4.